The minimum absolute atomic E-state index is 0.0279. The molecule has 0 radical (unpaired) electrons. The molecule has 4 rings (SSSR count). The largest absolute Gasteiger partial charge is 0.371 e. The topological polar surface area (TPSA) is 57.3 Å². The molecule has 1 aliphatic carbocycles. The van der Waals surface area contributed by atoms with Crippen molar-refractivity contribution in [3.63, 3.8) is 0 Å². The summed E-state index contributed by atoms with van der Waals surface area (Å²) in [6.07, 6.45) is 4.97. The van der Waals surface area contributed by atoms with Crippen molar-refractivity contribution in [2.24, 2.45) is 5.92 Å². The van der Waals surface area contributed by atoms with Crippen LogP contribution in [-0.4, -0.2) is 36.6 Å². The Morgan fingerprint density at radius 3 is 2.85 bits per heavy atom. The lowest BCUT2D eigenvalue weighted by Gasteiger charge is -2.21. The number of anilines is 2. The Kier molecular flexibility index (Phi) is 5.21. The highest BCUT2D eigenvalue weighted by Gasteiger charge is 2.25. The number of hydrogen-bond acceptors (Lipinski definition) is 4. The molecule has 5 nitrogen and oxygen atoms in total. The maximum absolute atomic E-state index is 12.0. The lowest BCUT2D eigenvalue weighted by atomic mass is 10.1. The van der Waals surface area contributed by atoms with E-state index in [1.807, 2.05) is 18.2 Å². The van der Waals surface area contributed by atoms with Crippen LogP contribution in [0, 0.1) is 12.8 Å². The molecule has 2 aromatic rings. The van der Waals surface area contributed by atoms with Crippen LogP contribution >= 0.6 is 11.6 Å². The number of hydrogen-bond donors (Lipinski definition) is 2. The van der Waals surface area contributed by atoms with Gasteiger partial charge in [0, 0.05) is 42.6 Å². The molecule has 2 heterocycles. The molecular weight excluding hydrogens is 360 g/mol. The highest BCUT2D eigenvalue weighted by Crippen LogP contribution is 2.29. The summed E-state index contributed by atoms with van der Waals surface area (Å²) in [6, 6.07) is 10.2. The molecule has 0 bridgehead atoms. The van der Waals surface area contributed by atoms with Crippen LogP contribution in [0.15, 0.2) is 36.5 Å². The van der Waals surface area contributed by atoms with E-state index in [9.17, 15) is 4.79 Å². The summed E-state index contributed by atoms with van der Waals surface area (Å²) in [7, 11) is 0. The molecule has 142 valence electrons. The first-order valence-corrected chi connectivity index (χ1v) is 9.98. The van der Waals surface area contributed by atoms with Gasteiger partial charge in [0.15, 0.2) is 0 Å². The van der Waals surface area contributed by atoms with E-state index in [2.05, 4.69) is 39.6 Å². The highest BCUT2D eigenvalue weighted by atomic mass is 35.5. The van der Waals surface area contributed by atoms with Crippen molar-refractivity contribution in [3.8, 4) is 0 Å². The minimum Gasteiger partial charge on any atom is -0.371 e. The first-order chi connectivity index (χ1) is 13.1. The molecule has 1 amide bonds. The van der Waals surface area contributed by atoms with Gasteiger partial charge in [0.05, 0.1) is 5.56 Å². The second-order valence-corrected chi connectivity index (χ2v) is 8.03. The van der Waals surface area contributed by atoms with Crippen LogP contribution in [0.1, 0.15) is 35.2 Å². The van der Waals surface area contributed by atoms with Gasteiger partial charge in [0.2, 0.25) is 0 Å². The van der Waals surface area contributed by atoms with Crippen molar-refractivity contribution < 1.29 is 4.79 Å². The first-order valence-electron chi connectivity index (χ1n) is 9.60. The predicted octanol–water partition coefficient (Wildman–Crippen LogP) is 3.87. The number of aromatic nitrogens is 1. The molecule has 1 aromatic carbocycles. The van der Waals surface area contributed by atoms with Gasteiger partial charge in [-0.2, -0.15) is 0 Å². The van der Waals surface area contributed by atoms with Gasteiger partial charge < -0.3 is 15.5 Å². The molecule has 27 heavy (non-hydrogen) atoms. The quantitative estimate of drug-likeness (QED) is 0.793. The monoisotopic (exact) mass is 384 g/mol. The fourth-order valence-electron chi connectivity index (χ4n) is 3.52. The third-order valence-electron chi connectivity index (χ3n) is 5.31. The van der Waals surface area contributed by atoms with Gasteiger partial charge in [-0.3, -0.25) is 4.79 Å². The van der Waals surface area contributed by atoms with E-state index in [1.165, 1.54) is 11.3 Å². The van der Waals surface area contributed by atoms with E-state index >= 15 is 0 Å². The average Bonchev–Trinajstić information content (AvgIpc) is 3.36. The number of carbonyl (C=O) groups excluding carboxylic acids is 1. The van der Waals surface area contributed by atoms with Crippen molar-refractivity contribution in [3.05, 3.63) is 52.7 Å². The van der Waals surface area contributed by atoms with Gasteiger partial charge in [0.1, 0.15) is 5.82 Å². The van der Waals surface area contributed by atoms with Crippen molar-refractivity contribution >= 4 is 29.0 Å². The van der Waals surface area contributed by atoms with Gasteiger partial charge in [-0.25, -0.2) is 4.98 Å². The van der Waals surface area contributed by atoms with Crippen molar-refractivity contribution in [1.82, 2.24) is 10.3 Å². The molecule has 6 heteroatoms. The van der Waals surface area contributed by atoms with Crippen molar-refractivity contribution in [2.75, 3.05) is 29.9 Å². The van der Waals surface area contributed by atoms with E-state index in [1.54, 1.807) is 6.20 Å². The molecular formula is C21H25ClN4O. The maximum atomic E-state index is 12.0. The van der Waals surface area contributed by atoms with Crippen LogP contribution in [0.25, 0.3) is 0 Å². The zero-order valence-electron chi connectivity index (χ0n) is 15.5. The van der Waals surface area contributed by atoms with Crippen LogP contribution in [0.4, 0.5) is 11.5 Å². The Bertz CT molecular complexity index is 819. The number of carbonyl (C=O) groups is 1. The molecule has 1 atom stereocenters. The zero-order chi connectivity index (χ0) is 18.8. The molecule has 1 saturated carbocycles. The standard InChI is InChI=1S/C21H25ClN4O/c1-14-2-4-17(22)10-19(14)26-9-8-15(13-26)11-23-20-7-3-16(12-24-20)21(27)25-18-5-6-18/h2-4,7,10,12,15,18H,5-6,8-9,11,13H2,1H3,(H,23,24)(H,25,27). The lowest BCUT2D eigenvalue weighted by molar-refractivity contribution is 0.0951. The number of amides is 1. The summed E-state index contributed by atoms with van der Waals surface area (Å²) < 4.78 is 0. The highest BCUT2D eigenvalue weighted by molar-refractivity contribution is 6.30. The zero-order valence-corrected chi connectivity index (χ0v) is 16.3. The second kappa shape index (κ2) is 7.77. The van der Waals surface area contributed by atoms with Crippen molar-refractivity contribution in [2.45, 2.75) is 32.2 Å². The van der Waals surface area contributed by atoms with Crippen molar-refractivity contribution in [1.29, 1.82) is 0 Å². The third-order valence-corrected chi connectivity index (χ3v) is 5.54. The number of nitrogens with zero attached hydrogens (tertiary/aromatic N) is 2. The number of rotatable bonds is 6. The Morgan fingerprint density at radius 1 is 1.26 bits per heavy atom. The van der Waals surface area contributed by atoms with Gasteiger partial charge in [-0.15, -0.1) is 0 Å². The molecule has 0 spiro atoms. The van der Waals surface area contributed by atoms with Gasteiger partial charge in [-0.1, -0.05) is 17.7 Å². The summed E-state index contributed by atoms with van der Waals surface area (Å²) in [5.74, 6) is 1.35. The summed E-state index contributed by atoms with van der Waals surface area (Å²) in [4.78, 5) is 18.8. The minimum atomic E-state index is -0.0279. The number of halogens is 1. The predicted molar refractivity (Wildman–Crippen MR) is 110 cm³/mol. The normalized spacial score (nSPS) is 19.2. The van der Waals surface area contributed by atoms with Crippen LogP contribution in [0.2, 0.25) is 5.02 Å². The fourth-order valence-corrected chi connectivity index (χ4v) is 3.69. The van der Waals surface area contributed by atoms with E-state index < -0.39 is 0 Å². The molecule has 2 N–H and O–H groups in total. The SMILES string of the molecule is Cc1ccc(Cl)cc1N1CCC(CNc2ccc(C(=O)NC3CC3)cn2)C1. The van der Waals surface area contributed by atoms with Crippen LogP contribution in [-0.2, 0) is 0 Å². The van der Waals surface area contributed by atoms with E-state index in [4.69, 9.17) is 11.6 Å². The van der Waals surface area contributed by atoms with E-state index in [-0.39, 0.29) is 5.91 Å². The summed E-state index contributed by atoms with van der Waals surface area (Å²) in [5, 5.41) is 7.17. The van der Waals surface area contributed by atoms with E-state index in [0.717, 1.165) is 49.7 Å². The van der Waals surface area contributed by atoms with Crippen LogP contribution in [0.3, 0.4) is 0 Å². The number of aryl methyl sites for hydroxylation is 1. The van der Waals surface area contributed by atoms with Gasteiger partial charge in [-0.05, 0) is 61.9 Å². The Morgan fingerprint density at radius 2 is 2.11 bits per heavy atom. The molecule has 1 aromatic heterocycles. The smallest absolute Gasteiger partial charge is 0.253 e. The summed E-state index contributed by atoms with van der Waals surface area (Å²) in [5.41, 5.74) is 3.11. The Balaban J connectivity index is 1.29. The number of benzene rings is 1. The number of nitrogens with one attached hydrogen (secondary N) is 2. The maximum Gasteiger partial charge on any atom is 0.253 e. The molecule has 1 aliphatic heterocycles. The Labute approximate surface area is 165 Å². The lowest BCUT2D eigenvalue weighted by Crippen LogP contribution is -2.25. The summed E-state index contributed by atoms with van der Waals surface area (Å²) >= 11 is 6.16. The van der Waals surface area contributed by atoms with Crippen LogP contribution in [0.5, 0.6) is 0 Å². The van der Waals surface area contributed by atoms with Crippen LogP contribution < -0.4 is 15.5 Å². The number of pyridine rings is 1. The second-order valence-electron chi connectivity index (χ2n) is 7.59. The molecule has 1 saturated heterocycles. The first kappa shape index (κ1) is 18.1. The summed E-state index contributed by atoms with van der Waals surface area (Å²) in [6.45, 7) is 5.05. The third kappa shape index (κ3) is 4.53. The average molecular weight is 385 g/mol. The Hall–Kier alpha value is -2.27. The van der Waals surface area contributed by atoms with Gasteiger partial charge in [0.25, 0.3) is 5.91 Å². The fraction of sp³-hybridized carbons (Fsp3) is 0.429. The molecule has 2 aliphatic rings. The molecule has 1 unspecified atom stereocenters. The van der Waals surface area contributed by atoms with E-state index in [0.29, 0.717) is 17.5 Å². The molecule has 2 fully saturated rings. The van der Waals surface area contributed by atoms with Gasteiger partial charge >= 0.3 is 0 Å².